The zero-order chi connectivity index (χ0) is 17.4. The second-order valence-electron chi connectivity index (χ2n) is 5.57. The van der Waals surface area contributed by atoms with Crippen LogP contribution in [0.4, 0.5) is 0 Å². The second kappa shape index (κ2) is 11.3. The molecule has 2 aromatic rings. The number of nitrogens with one attached hydrogen (secondary N) is 2. The Hall–Kier alpha value is -1.35. The van der Waals surface area contributed by atoms with Gasteiger partial charge in [0, 0.05) is 18.5 Å². The van der Waals surface area contributed by atoms with Gasteiger partial charge in [-0.1, -0.05) is 18.2 Å². The zero-order valence-electron chi connectivity index (χ0n) is 15.3. The molecule has 0 amide bonds. The van der Waals surface area contributed by atoms with Gasteiger partial charge >= 0.3 is 0 Å². The van der Waals surface area contributed by atoms with E-state index >= 15 is 0 Å². The van der Waals surface area contributed by atoms with E-state index in [0.29, 0.717) is 13.2 Å². The van der Waals surface area contributed by atoms with Crippen LogP contribution in [0.15, 0.2) is 29.3 Å². The largest absolute Gasteiger partial charge is 0.493 e. The summed E-state index contributed by atoms with van der Waals surface area (Å²) in [5.74, 6) is 1.74. The number of aryl methyl sites for hydroxylation is 3. The van der Waals surface area contributed by atoms with Gasteiger partial charge in [-0.25, -0.2) is 4.98 Å². The molecular formula is C18H27IN4OS. The van der Waals surface area contributed by atoms with Crippen LogP contribution in [-0.4, -0.2) is 31.1 Å². The van der Waals surface area contributed by atoms with Crippen molar-refractivity contribution in [2.75, 3.05) is 20.2 Å². The Morgan fingerprint density at radius 3 is 2.60 bits per heavy atom. The van der Waals surface area contributed by atoms with Crippen LogP contribution in [0.5, 0.6) is 5.75 Å². The molecule has 0 aliphatic carbocycles. The molecule has 1 aromatic heterocycles. The number of aliphatic imine (C=N–C) groups is 1. The molecule has 25 heavy (non-hydrogen) atoms. The summed E-state index contributed by atoms with van der Waals surface area (Å²) < 4.78 is 5.79. The van der Waals surface area contributed by atoms with E-state index in [4.69, 9.17) is 4.74 Å². The van der Waals surface area contributed by atoms with Gasteiger partial charge in [-0.15, -0.1) is 35.3 Å². The Morgan fingerprint density at radius 2 is 1.96 bits per heavy atom. The van der Waals surface area contributed by atoms with Gasteiger partial charge in [-0.05, 0) is 38.8 Å². The van der Waals surface area contributed by atoms with Crippen LogP contribution in [0.3, 0.4) is 0 Å². The van der Waals surface area contributed by atoms with Gasteiger partial charge in [0.25, 0.3) is 0 Å². The quantitative estimate of drug-likeness (QED) is 0.277. The molecule has 5 nitrogen and oxygen atoms in total. The third-order valence-corrected chi connectivity index (χ3v) is 4.74. The molecular weight excluding hydrogens is 447 g/mol. The predicted octanol–water partition coefficient (Wildman–Crippen LogP) is 3.82. The first kappa shape index (κ1) is 21.7. The minimum Gasteiger partial charge on any atom is -0.493 e. The molecule has 0 radical (unpaired) electrons. The van der Waals surface area contributed by atoms with Crippen LogP contribution < -0.4 is 15.4 Å². The Kier molecular flexibility index (Phi) is 9.81. The molecule has 0 bridgehead atoms. The number of hydrogen-bond acceptors (Lipinski definition) is 4. The fraction of sp³-hybridized carbons (Fsp3) is 0.444. The second-order valence-corrected chi connectivity index (χ2v) is 6.86. The summed E-state index contributed by atoms with van der Waals surface area (Å²) >= 11 is 1.72. The van der Waals surface area contributed by atoms with E-state index in [1.54, 1.807) is 18.4 Å². The molecule has 0 aliphatic heterocycles. The fourth-order valence-corrected chi connectivity index (χ4v) is 3.05. The van der Waals surface area contributed by atoms with E-state index in [1.165, 1.54) is 4.88 Å². The van der Waals surface area contributed by atoms with E-state index in [2.05, 4.69) is 40.5 Å². The van der Waals surface area contributed by atoms with E-state index in [-0.39, 0.29) is 24.0 Å². The maximum atomic E-state index is 5.79. The standard InChI is InChI=1S/C18H26N4OS.HI/c1-13-8-5-6-9-16(13)23-11-7-10-20-18(19-4)21-12-17-22-14(2)15(3)24-17;/h5-6,8-9H,7,10-12H2,1-4H3,(H2,19,20,21);1H. The maximum absolute atomic E-state index is 5.79. The molecule has 1 aromatic carbocycles. The number of benzene rings is 1. The van der Waals surface area contributed by atoms with Crippen LogP contribution in [0, 0.1) is 20.8 Å². The highest BCUT2D eigenvalue weighted by molar-refractivity contribution is 14.0. The number of guanidine groups is 1. The molecule has 138 valence electrons. The molecule has 0 unspecified atom stereocenters. The summed E-state index contributed by atoms with van der Waals surface area (Å²) in [6, 6.07) is 8.07. The van der Waals surface area contributed by atoms with E-state index in [0.717, 1.165) is 40.9 Å². The van der Waals surface area contributed by atoms with Gasteiger partial charge in [0.2, 0.25) is 0 Å². The van der Waals surface area contributed by atoms with Crippen LogP contribution in [-0.2, 0) is 6.54 Å². The molecule has 2 rings (SSSR count). The summed E-state index contributed by atoms with van der Waals surface area (Å²) in [6.07, 6.45) is 0.907. The molecule has 0 aliphatic rings. The zero-order valence-corrected chi connectivity index (χ0v) is 18.4. The summed E-state index contributed by atoms with van der Waals surface area (Å²) in [5, 5.41) is 7.67. The number of nitrogens with zero attached hydrogens (tertiary/aromatic N) is 2. The van der Waals surface area contributed by atoms with Gasteiger partial charge in [-0.3, -0.25) is 4.99 Å². The topological polar surface area (TPSA) is 58.5 Å². The number of aromatic nitrogens is 1. The summed E-state index contributed by atoms with van der Waals surface area (Å²) in [4.78, 5) is 10.0. The van der Waals surface area contributed by atoms with Crippen molar-refractivity contribution < 1.29 is 4.74 Å². The lowest BCUT2D eigenvalue weighted by molar-refractivity contribution is 0.309. The first-order valence-corrected chi connectivity index (χ1v) is 8.97. The van der Waals surface area contributed by atoms with E-state index < -0.39 is 0 Å². The molecule has 0 atom stereocenters. The summed E-state index contributed by atoms with van der Waals surface area (Å²) in [7, 11) is 1.78. The first-order chi connectivity index (χ1) is 11.6. The van der Waals surface area contributed by atoms with Gasteiger partial charge in [-0.2, -0.15) is 0 Å². The number of halogens is 1. The number of rotatable bonds is 7. The lowest BCUT2D eigenvalue weighted by Crippen LogP contribution is -2.37. The van der Waals surface area contributed by atoms with Crippen LogP contribution in [0.1, 0.15) is 27.6 Å². The Balaban J connectivity index is 0.00000312. The molecule has 2 N–H and O–H groups in total. The van der Waals surface area contributed by atoms with Gasteiger partial charge in [0.05, 0.1) is 18.8 Å². The highest BCUT2D eigenvalue weighted by Crippen LogP contribution is 2.16. The van der Waals surface area contributed by atoms with Crippen molar-refractivity contribution in [1.82, 2.24) is 15.6 Å². The number of para-hydroxylation sites is 1. The third-order valence-electron chi connectivity index (χ3n) is 3.67. The molecule has 1 heterocycles. The normalized spacial score (nSPS) is 11.0. The van der Waals surface area contributed by atoms with E-state index in [1.807, 2.05) is 25.1 Å². The van der Waals surface area contributed by atoms with Crippen molar-refractivity contribution in [2.24, 2.45) is 4.99 Å². The maximum Gasteiger partial charge on any atom is 0.191 e. The smallest absolute Gasteiger partial charge is 0.191 e. The first-order valence-electron chi connectivity index (χ1n) is 8.16. The number of ether oxygens (including phenoxy) is 1. The molecule has 0 fully saturated rings. The Labute approximate surface area is 171 Å². The van der Waals surface area contributed by atoms with Gasteiger partial charge < -0.3 is 15.4 Å². The highest BCUT2D eigenvalue weighted by Gasteiger charge is 2.04. The van der Waals surface area contributed by atoms with Crippen molar-refractivity contribution in [3.63, 3.8) is 0 Å². The van der Waals surface area contributed by atoms with Crippen molar-refractivity contribution in [1.29, 1.82) is 0 Å². The van der Waals surface area contributed by atoms with Crippen molar-refractivity contribution in [2.45, 2.75) is 33.7 Å². The average Bonchev–Trinajstić information content (AvgIpc) is 2.90. The number of hydrogen-bond donors (Lipinski definition) is 2. The van der Waals surface area contributed by atoms with Crippen molar-refractivity contribution in [3.8, 4) is 5.75 Å². The lowest BCUT2D eigenvalue weighted by atomic mass is 10.2. The minimum atomic E-state index is 0. The average molecular weight is 474 g/mol. The summed E-state index contributed by atoms with van der Waals surface area (Å²) in [6.45, 7) is 8.37. The Bertz CT molecular complexity index is 668. The van der Waals surface area contributed by atoms with Crippen molar-refractivity contribution >= 4 is 41.3 Å². The van der Waals surface area contributed by atoms with E-state index in [9.17, 15) is 0 Å². The Morgan fingerprint density at radius 1 is 1.20 bits per heavy atom. The SMILES string of the molecule is CN=C(NCCCOc1ccccc1C)NCc1nc(C)c(C)s1.I. The molecule has 0 saturated carbocycles. The molecule has 0 spiro atoms. The monoisotopic (exact) mass is 474 g/mol. The van der Waals surface area contributed by atoms with Gasteiger partial charge in [0.1, 0.15) is 10.8 Å². The molecule has 0 saturated heterocycles. The highest BCUT2D eigenvalue weighted by atomic mass is 127. The summed E-state index contributed by atoms with van der Waals surface area (Å²) in [5.41, 5.74) is 2.27. The van der Waals surface area contributed by atoms with Crippen LogP contribution >= 0.6 is 35.3 Å². The van der Waals surface area contributed by atoms with Gasteiger partial charge in [0.15, 0.2) is 5.96 Å². The third kappa shape index (κ3) is 7.19. The number of thiazole rings is 1. The fourth-order valence-electron chi connectivity index (χ4n) is 2.17. The molecule has 7 heteroatoms. The van der Waals surface area contributed by atoms with Crippen molar-refractivity contribution in [3.05, 3.63) is 45.4 Å². The lowest BCUT2D eigenvalue weighted by Gasteiger charge is -2.12. The van der Waals surface area contributed by atoms with Crippen LogP contribution in [0.25, 0.3) is 0 Å². The minimum absolute atomic E-state index is 0. The predicted molar refractivity (Wildman–Crippen MR) is 116 cm³/mol. The van der Waals surface area contributed by atoms with Crippen LogP contribution in [0.2, 0.25) is 0 Å².